The molecule has 0 aromatic rings. The van der Waals surface area contributed by atoms with E-state index in [0.29, 0.717) is 0 Å². The molecule has 0 aromatic heterocycles. The molecule has 0 aliphatic rings. The van der Waals surface area contributed by atoms with E-state index in [-0.39, 0.29) is 43.6 Å². The first-order valence-electron chi connectivity index (χ1n) is 19.6. The van der Waals surface area contributed by atoms with Gasteiger partial charge in [-0.1, -0.05) is 55.4 Å². The Bertz CT molecular complexity index is 1470. The molecule has 0 aromatic carbocycles. The highest BCUT2D eigenvalue weighted by molar-refractivity contribution is 5.96. The minimum Gasteiger partial charge on any atom is -0.480 e. The highest BCUT2D eigenvalue weighted by Gasteiger charge is 2.32. The zero-order valence-electron chi connectivity index (χ0n) is 35.5. The fraction of sp³-hybridized carbons (Fsp3) is 0.730. The number of rotatable bonds is 27. The van der Waals surface area contributed by atoms with E-state index in [1.54, 1.807) is 27.7 Å². The second-order valence-corrected chi connectivity index (χ2v) is 15.7. The molecule has 6 atom stereocenters. The van der Waals surface area contributed by atoms with Crippen molar-refractivity contribution in [2.75, 3.05) is 32.8 Å². The van der Waals surface area contributed by atoms with E-state index in [1.165, 1.54) is 6.92 Å². The van der Waals surface area contributed by atoms with Crippen molar-refractivity contribution < 1.29 is 58.2 Å². The Labute approximate surface area is 344 Å². The van der Waals surface area contributed by atoms with Crippen LogP contribution in [0, 0.1) is 23.7 Å². The van der Waals surface area contributed by atoms with Crippen LogP contribution >= 0.6 is 0 Å². The summed E-state index contributed by atoms with van der Waals surface area (Å²) >= 11 is 0. The van der Waals surface area contributed by atoms with Crippen molar-refractivity contribution in [2.45, 2.75) is 118 Å². The van der Waals surface area contributed by atoms with E-state index < -0.39 is 128 Å². The molecule has 0 bridgehead atoms. The van der Waals surface area contributed by atoms with Crippen LogP contribution in [0.1, 0.15) is 81.6 Å². The molecule has 13 N–H and O–H groups in total. The van der Waals surface area contributed by atoms with Crippen LogP contribution in [0.5, 0.6) is 0 Å². The number of nitrogens with two attached hydrogens (primary N) is 1. The molecule has 22 nitrogen and oxygen atoms in total. The zero-order valence-corrected chi connectivity index (χ0v) is 35.5. The van der Waals surface area contributed by atoms with E-state index >= 15 is 0 Å². The molecule has 0 saturated heterocycles. The van der Waals surface area contributed by atoms with Crippen molar-refractivity contribution in [3.05, 3.63) is 0 Å². The summed E-state index contributed by atoms with van der Waals surface area (Å²) in [5.74, 6) is -8.61. The van der Waals surface area contributed by atoms with Crippen LogP contribution in [0.2, 0.25) is 0 Å². The average Bonchev–Trinajstić information content (AvgIpc) is 3.14. The third-order valence-corrected chi connectivity index (χ3v) is 8.35. The molecule has 0 spiro atoms. The molecular formula is C37H66N10O12. The SMILES string of the molecule is CC(C)C[C@H](NC(=O)CNC(=O)[C@H](C)NC(=O)CNC(=O)[C@H](CO)NC(=O)CNC(=O)[C@@H](NC(=O)[C@H](CC(C)C)NC(=O)[C@H](CC(C)C)NC(=O)CN)C(C)C)C(=O)O. The van der Waals surface area contributed by atoms with Gasteiger partial charge in [0.1, 0.15) is 36.3 Å². The molecule has 0 rings (SSSR count). The van der Waals surface area contributed by atoms with Gasteiger partial charge in [-0.15, -0.1) is 0 Å². The van der Waals surface area contributed by atoms with Gasteiger partial charge < -0.3 is 63.8 Å². The largest absolute Gasteiger partial charge is 0.480 e. The monoisotopic (exact) mass is 842 g/mol. The van der Waals surface area contributed by atoms with E-state index in [4.69, 9.17) is 5.73 Å². The van der Waals surface area contributed by atoms with Gasteiger partial charge in [0.25, 0.3) is 0 Å². The van der Waals surface area contributed by atoms with E-state index in [1.807, 2.05) is 27.7 Å². The fourth-order valence-electron chi connectivity index (χ4n) is 5.34. The predicted molar refractivity (Wildman–Crippen MR) is 213 cm³/mol. The molecule has 0 radical (unpaired) electrons. The lowest BCUT2D eigenvalue weighted by molar-refractivity contribution is -0.142. The third kappa shape index (κ3) is 22.4. The maximum atomic E-state index is 13.4. The fourth-order valence-corrected chi connectivity index (χ4v) is 5.34. The lowest BCUT2D eigenvalue weighted by Crippen LogP contribution is -2.59. The van der Waals surface area contributed by atoms with Crippen molar-refractivity contribution in [1.82, 2.24) is 47.9 Å². The van der Waals surface area contributed by atoms with Gasteiger partial charge in [-0.25, -0.2) is 4.79 Å². The van der Waals surface area contributed by atoms with Crippen LogP contribution in [0.3, 0.4) is 0 Å². The van der Waals surface area contributed by atoms with Gasteiger partial charge in [-0.3, -0.25) is 43.2 Å². The normalized spacial score (nSPS) is 14.2. The van der Waals surface area contributed by atoms with E-state index in [0.717, 1.165) is 0 Å². The Morgan fingerprint density at radius 1 is 0.458 bits per heavy atom. The van der Waals surface area contributed by atoms with Gasteiger partial charge in [0.15, 0.2) is 0 Å². The predicted octanol–water partition coefficient (Wildman–Crippen LogP) is -3.91. The molecule has 0 fully saturated rings. The minimum atomic E-state index is -1.55. The van der Waals surface area contributed by atoms with Crippen molar-refractivity contribution in [3.8, 4) is 0 Å². The maximum Gasteiger partial charge on any atom is 0.326 e. The Hall–Kier alpha value is -5.38. The summed E-state index contributed by atoms with van der Waals surface area (Å²) in [5.41, 5.74) is 5.40. The van der Waals surface area contributed by atoms with E-state index in [2.05, 4.69) is 47.9 Å². The van der Waals surface area contributed by atoms with Gasteiger partial charge in [0.2, 0.25) is 53.2 Å². The number of carboxylic acid groups (broad SMARTS) is 1. The number of hydrogen-bond donors (Lipinski definition) is 12. The maximum absolute atomic E-state index is 13.4. The second-order valence-electron chi connectivity index (χ2n) is 15.7. The van der Waals surface area contributed by atoms with Gasteiger partial charge in [-0.05, 0) is 49.9 Å². The summed E-state index contributed by atoms with van der Waals surface area (Å²) in [6, 6.07) is -7.07. The smallest absolute Gasteiger partial charge is 0.326 e. The summed E-state index contributed by atoms with van der Waals surface area (Å²) in [6.07, 6.45) is 0.655. The summed E-state index contributed by atoms with van der Waals surface area (Å²) in [5, 5.41) is 40.5. The molecule has 0 aliphatic heterocycles. The molecule has 59 heavy (non-hydrogen) atoms. The Morgan fingerprint density at radius 3 is 1.29 bits per heavy atom. The number of carboxylic acids is 1. The number of aliphatic hydroxyl groups is 1. The highest BCUT2D eigenvalue weighted by atomic mass is 16.4. The first kappa shape index (κ1) is 53.6. The zero-order chi connectivity index (χ0) is 45.6. The van der Waals surface area contributed by atoms with Crippen molar-refractivity contribution in [2.24, 2.45) is 29.4 Å². The van der Waals surface area contributed by atoms with Gasteiger partial charge in [0, 0.05) is 0 Å². The van der Waals surface area contributed by atoms with Crippen LogP contribution in [-0.2, 0) is 47.9 Å². The van der Waals surface area contributed by atoms with E-state index in [9.17, 15) is 58.2 Å². The number of carbonyl (C=O) groups excluding carboxylic acids is 9. The van der Waals surface area contributed by atoms with Crippen LogP contribution in [0.15, 0.2) is 0 Å². The van der Waals surface area contributed by atoms with Crippen LogP contribution < -0.4 is 53.6 Å². The summed E-state index contributed by atoms with van der Waals surface area (Å²) in [6.45, 7) is 12.4. The number of nitrogens with one attached hydrogen (secondary N) is 9. The van der Waals surface area contributed by atoms with Crippen molar-refractivity contribution in [3.63, 3.8) is 0 Å². The minimum absolute atomic E-state index is 0.0164. The third-order valence-electron chi connectivity index (χ3n) is 8.35. The summed E-state index contributed by atoms with van der Waals surface area (Å²) in [7, 11) is 0. The quantitative estimate of drug-likeness (QED) is 0.0377. The molecule has 9 amide bonds. The van der Waals surface area contributed by atoms with Crippen LogP contribution in [-0.4, -0.2) is 138 Å². The Kier molecular flexibility index (Phi) is 24.8. The van der Waals surface area contributed by atoms with Crippen molar-refractivity contribution in [1.29, 1.82) is 0 Å². The standard InChI is InChI=1S/C37H66N10O12/c1-18(2)10-23(43-27(49)13-38)34(55)46-24(11-19(3)4)35(56)47-31(21(7)8)36(57)41-16-30(52)45-26(17-48)33(54)40-14-28(50)42-22(9)32(53)39-15-29(51)44-25(37(58)59)12-20(5)6/h18-26,31,48H,10-17,38H2,1-9H3,(H,39,53)(H,40,54)(H,41,57)(H,42,50)(H,43,49)(H,44,51)(H,45,52)(H,46,55)(H,47,56)(H,58,59)/t22-,23-,24-,25-,26-,31-/m0/s1. The number of amides is 9. The highest BCUT2D eigenvalue weighted by Crippen LogP contribution is 2.11. The first-order valence-corrected chi connectivity index (χ1v) is 19.6. The van der Waals surface area contributed by atoms with Gasteiger partial charge in [-0.2, -0.15) is 0 Å². The Morgan fingerprint density at radius 2 is 0.847 bits per heavy atom. The number of aliphatic hydroxyl groups excluding tert-OH is 1. The second kappa shape index (κ2) is 27.3. The molecule has 22 heteroatoms. The molecule has 0 aliphatic carbocycles. The lowest BCUT2D eigenvalue weighted by Gasteiger charge is -2.28. The molecule has 336 valence electrons. The molecule has 0 saturated carbocycles. The summed E-state index contributed by atoms with van der Waals surface area (Å²) < 4.78 is 0. The van der Waals surface area contributed by atoms with Crippen molar-refractivity contribution >= 4 is 59.1 Å². The average molecular weight is 843 g/mol. The summed E-state index contributed by atoms with van der Waals surface area (Å²) in [4.78, 5) is 125. The number of carbonyl (C=O) groups is 10. The lowest BCUT2D eigenvalue weighted by atomic mass is 9.98. The number of aliphatic carboxylic acids is 1. The topological polar surface area (TPSA) is 345 Å². The molecular weight excluding hydrogens is 776 g/mol. The number of hydrogen-bond acceptors (Lipinski definition) is 12. The van der Waals surface area contributed by atoms with Gasteiger partial charge >= 0.3 is 5.97 Å². The molecule has 0 unspecified atom stereocenters. The first-order chi connectivity index (χ1) is 27.4. The van der Waals surface area contributed by atoms with Crippen LogP contribution in [0.25, 0.3) is 0 Å². The van der Waals surface area contributed by atoms with Gasteiger partial charge in [0.05, 0.1) is 32.8 Å². The van der Waals surface area contributed by atoms with Crippen LogP contribution in [0.4, 0.5) is 0 Å². The molecule has 0 heterocycles. The Balaban J connectivity index is 5.21.